The lowest BCUT2D eigenvalue weighted by Gasteiger charge is -2.14. The number of aliphatic hydroxyl groups excluding tert-OH is 1. The zero-order valence-electron chi connectivity index (χ0n) is 14.3. The van der Waals surface area contributed by atoms with Gasteiger partial charge in [0.05, 0.1) is 20.3 Å². The molecule has 1 saturated heterocycles. The van der Waals surface area contributed by atoms with Crippen molar-refractivity contribution in [1.82, 2.24) is 15.5 Å². The van der Waals surface area contributed by atoms with Crippen LogP contribution in [0.5, 0.6) is 5.75 Å². The first-order valence-corrected chi connectivity index (χ1v) is 8.09. The van der Waals surface area contributed by atoms with Crippen LogP contribution in [0.4, 0.5) is 4.79 Å². The summed E-state index contributed by atoms with van der Waals surface area (Å²) >= 11 is 0. The van der Waals surface area contributed by atoms with Crippen LogP contribution in [0, 0.1) is 0 Å². The summed E-state index contributed by atoms with van der Waals surface area (Å²) in [6, 6.07) is 5.59. The number of ether oxygens (including phenoxy) is 1. The lowest BCUT2D eigenvalue weighted by molar-refractivity contribution is -0.128. The maximum atomic E-state index is 12.4. The fourth-order valence-corrected chi connectivity index (χ4v) is 2.50. The summed E-state index contributed by atoms with van der Waals surface area (Å²) in [5.41, 5.74) is 0.805. The van der Waals surface area contributed by atoms with Gasteiger partial charge in [0.25, 0.3) is 5.91 Å². The van der Waals surface area contributed by atoms with Crippen LogP contribution in [-0.4, -0.2) is 53.7 Å². The Balaban J connectivity index is 1.89. The Hall–Kier alpha value is -2.61. The van der Waals surface area contributed by atoms with Gasteiger partial charge in [-0.2, -0.15) is 0 Å². The highest BCUT2D eigenvalue weighted by Crippen LogP contribution is 2.17. The predicted octanol–water partition coefficient (Wildman–Crippen LogP) is 0.393. The van der Waals surface area contributed by atoms with E-state index in [1.165, 1.54) is 0 Å². The van der Waals surface area contributed by atoms with Gasteiger partial charge in [-0.25, -0.2) is 4.79 Å². The predicted molar refractivity (Wildman–Crippen MR) is 89.8 cm³/mol. The summed E-state index contributed by atoms with van der Waals surface area (Å²) in [7, 11) is 1.56. The first-order chi connectivity index (χ1) is 11.9. The van der Waals surface area contributed by atoms with Crippen LogP contribution < -0.4 is 15.4 Å². The number of aliphatic hydroxyl groups is 1. The van der Waals surface area contributed by atoms with Gasteiger partial charge in [0.15, 0.2) is 0 Å². The molecule has 1 aromatic carbocycles. The molecule has 2 atom stereocenters. The number of amides is 4. The number of hydrogen-bond acceptors (Lipinski definition) is 5. The van der Waals surface area contributed by atoms with Gasteiger partial charge >= 0.3 is 6.03 Å². The van der Waals surface area contributed by atoms with Crippen molar-refractivity contribution in [3.05, 3.63) is 29.8 Å². The number of carbonyl (C=O) groups is 3. The Kier molecular flexibility index (Phi) is 6.35. The fraction of sp³-hybridized carbons (Fsp3) is 0.471. The average Bonchev–Trinajstić information content (AvgIpc) is 2.88. The van der Waals surface area contributed by atoms with E-state index in [1.54, 1.807) is 38.3 Å². The summed E-state index contributed by atoms with van der Waals surface area (Å²) < 4.78 is 5.07. The smallest absolute Gasteiger partial charge is 0.325 e. The van der Waals surface area contributed by atoms with Crippen molar-refractivity contribution in [3.8, 4) is 5.75 Å². The van der Waals surface area contributed by atoms with Crippen molar-refractivity contribution >= 4 is 17.8 Å². The molecule has 3 N–H and O–H groups in total. The SMILES string of the molecule is COc1ccc(CN2C(=O)N[C@H](CCC(=O)N[C@H](C)CO)C2=O)cc1. The van der Waals surface area contributed by atoms with E-state index in [0.717, 1.165) is 10.5 Å². The molecule has 0 aromatic heterocycles. The van der Waals surface area contributed by atoms with E-state index >= 15 is 0 Å². The lowest BCUT2D eigenvalue weighted by atomic mass is 10.1. The minimum atomic E-state index is -0.707. The Morgan fingerprint density at radius 1 is 1.36 bits per heavy atom. The molecule has 0 radical (unpaired) electrons. The number of nitrogens with zero attached hydrogens (tertiary/aromatic N) is 1. The maximum Gasteiger partial charge on any atom is 0.325 e. The second-order valence-electron chi connectivity index (χ2n) is 5.96. The Bertz CT molecular complexity index is 632. The first kappa shape index (κ1) is 18.7. The third kappa shape index (κ3) is 4.93. The number of carbonyl (C=O) groups excluding carboxylic acids is 3. The molecule has 4 amide bonds. The molecule has 1 fully saturated rings. The van der Waals surface area contributed by atoms with Crippen molar-refractivity contribution < 1.29 is 24.2 Å². The standard InChI is InChI=1S/C17H23N3O5/c1-11(10-21)18-15(22)8-7-14-16(23)20(17(24)19-14)9-12-3-5-13(25-2)6-4-12/h3-6,11,14,21H,7-10H2,1-2H3,(H,18,22)(H,19,24)/t11-,14-/m1/s1. The minimum Gasteiger partial charge on any atom is -0.497 e. The van der Waals surface area contributed by atoms with E-state index in [4.69, 9.17) is 9.84 Å². The fourth-order valence-electron chi connectivity index (χ4n) is 2.50. The molecule has 8 nitrogen and oxygen atoms in total. The Morgan fingerprint density at radius 3 is 2.64 bits per heavy atom. The number of nitrogens with one attached hydrogen (secondary N) is 2. The topological polar surface area (TPSA) is 108 Å². The highest BCUT2D eigenvalue weighted by molar-refractivity contribution is 6.04. The van der Waals surface area contributed by atoms with E-state index in [9.17, 15) is 14.4 Å². The lowest BCUT2D eigenvalue weighted by Crippen LogP contribution is -2.37. The number of benzene rings is 1. The number of urea groups is 1. The van der Waals surface area contributed by atoms with E-state index in [0.29, 0.717) is 5.75 Å². The van der Waals surface area contributed by atoms with E-state index in [-0.39, 0.29) is 43.8 Å². The second-order valence-corrected chi connectivity index (χ2v) is 5.96. The van der Waals surface area contributed by atoms with Crippen LogP contribution in [-0.2, 0) is 16.1 Å². The third-order valence-corrected chi connectivity index (χ3v) is 3.95. The Morgan fingerprint density at radius 2 is 2.04 bits per heavy atom. The molecule has 1 aliphatic heterocycles. The number of methoxy groups -OCH3 is 1. The van der Waals surface area contributed by atoms with Crippen molar-refractivity contribution in [3.63, 3.8) is 0 Å². The van der Waals surface area contributed by atoms with Crippen molar-refractivity contribution in [2.75, 3.05) is 13.7 Å². The van der Waals surface area contributed by atoms with Crippen LogP contribution in [0.2, 0.25) is 0 Å². The van der Waals surface area contributed by atoms with Crippen LogP contribution in [0.25, 0.3) is 0 Å². The monoisotopic (exact) mass is 349 g/mol. The molecule has 1 aliphatic rings. The van der Waals surface area contributed by atoms with E-state index < -0.39 is 12.1 Å². The van der Waals surface area contributed by atoms with Gasteiger partial charge in [-0.1, -0.05) is 12.1 Å². The summed E-state index contributed by atoms with van der Waals surface area (Å²) in [5.74, 6) is 0.0861. The molecule has 0 saturated carbocycles. The number of imide groups is 1. The van der Waals surface area contributed by atoms with Gasteiger partial charge in [-0.3, -0.25) is 14.5 Å². The highest BCUT2D eigenvalue weighted by atomic mass is 16.5. The van der Waals surface area contributed by atoms with Crippen LogP contribution in [0.1, 0.15) is 25.3 Å². The molecule has 0 spiro atoms. The van der Waals surface area contributed by atoms with Gasteiger partial charge < -0.3 is 20.5 Å². The van der Waals surface area contributed by atoms with Crippen LogP contribution in [0.3, 0.4) is 0 Å². The molecule has 0 aliphatic carbocycles. The first-order valence-electron chi connectivity index (χ1n) is 8.09. The zero-order valence-corrected chi connectivity index (χ0v) is 14.3. The van der Waals surface area contributed by atoms with Gasteiger partial charge in [-0.05, 0) is 31.0 Å². The van der Waals surface area contributed by atoms with Crippen molar-refractivity contribution in [2.45, 2.75) is 38.4 Å². The molecule has 2 rings (SSSR count). The quantitative estimate of drug-likeness (QED) is 0.589. The van der Waals surface area contributed by atoms with Gasteiger partial charge in [0, 0.05) is 12.5 Å². The molecule has 8 heteroatoms. The van der Waals surface area contributed by atoms with Crippen LogP contribution in [0.15, 0.2) is 24.3 Å². The summed E-state index contributed by atoms with van der Waals surface area (Å²) in [6.45, 7) is 1.69. The third-order valence-electron chi connectivity index (χ3n) is 3.95. The van der Waals surface area contributed by atoms with Gasteiger partial charge in [0.1, 0.15) is 11.8 Å². The summed E-state index contributed by atoms with van der Waals surface area (Å²) in [5, 5.41) is 14.1. The molecule has 0 unspecified atom stereocenters. The zero-order chi connectivity index (χ0) is 18.4. The average molecular weight is 349 g/mol. The van der Waals surface area contributed by atoms with Crippen LogP contribution >= 0.6 is 0 Å². The number of hydrogen-bond donors (Lipinski definition) is 3. The largest absolute Gasteiger partial charge is 0.497 e. The maximum absolute atomic E-state index is 12.4. The van der Waals surface area contributed by atoms with Gasteiger partial charge in [-0.15, -0.1) is 0 Å². The number of rotatable bonds is 8. The molecule has 1 aromatic rings. The molecule has 136 valence electrons. The summed E-state index contributed by atoms with van der Waals surface area (Å²) in [6.07, 6.45) is 0.311. The minimum absolute atomic E-state index is 0.0946. The summed E-state index contributed by atoms with van der Waals surface area (Å²) in [4.78, 5) is 37.3. The molecule has 1 heterocycles. The molecule has 0 bridgehead atoms. The second kappa shape index (κ2) is 8.48. The van der Waals surface area contributed by atoms with E-state index in [1.807, 2.05) is 0 Å². The highest BCUT2D eigenvalue weighted by Gasteiger charge is 2.37. The Labute approximate surface area is 146 Å². The van der Waals surface area contributed by atoms with Crippen molar-refractivity contribution in [1.29, 1.82) is 0 Å². The molecule has 25 heavy (non-hydrogen) atoms. The normalized spacial score (nSPS) is 18.0. The van der Waals surface area contributed by atoms with Crippen molar-refractivity contribution in [2.24, 2.45) is 0 Å². The van der Waals surface area contributed by atoms with E-state index in [2.05, 4.69) is 10.6 Å². The van der Waals surface area contributed by atoms with Gasteiger partial charge in [0.2, 0.25) is 5.91 Å². The molecular formula is C17H23N3O5. The molecular weight excluding hydrogens is 326 g/mol.